The lowest BCUT2D eigenvalue weighted by molar-refractivity contribution is -0.148. The molecule has 9 heteroatoms. The molecule has 3 heterocycles. The highest BCUT2D eigenvalue weighted by atomic mass is 16.5. The van der Waals surface area contributed by atoms with E-state index in [2.05, 4.69) is 56.3 Å². The van der Waals surface area contributed by atoms with Crippen LogP contribution in [0.1, 0.15) is 22.9 Å². The molecular weight excluding hydrogens is 480 g/mol. The molecule has 0 spiro atoms. The molecule has 0 saturated carbocycles. The maximum absolute atomic E-state index is 12.5. The number of hydrogen-bond donors (Lipinski definition) is 3. The SMILES string of the molecule is Nc1nc2c(ncn2[C@H]2CN(C(c3ccccc3)(c3ccccc3)c3ccccc3)C[C@@H](CO)O2)c(=O)[nH]1. The van der Waals surface area contributed by atoms with Gasteiger partial charge in [-0.1, -0.05) is 91.0 Å². The molecule has 1 saturated heterocycles. The number of anilines is 1. The molecule has 5 aromatic rings. The highest BCUT2D eigenvalue weighted by molar-refractivity contribution is 5.70. The first-order chi connectivity index (χ1) is 18.6. The third-order valence-corrected chi connectivity index (χ3v) is 7.16. The molecule has 192 valence electrons. The number of nitrogen functional groups attached to an aromatic ring is 1. The summed E-state index contributed by atoms with van der Waals surface area (Å²) in [6.45, 7) is 0.716. The number of ether oxygens (including phenoxy) is 1. The Morgan fingerprint density at radius 3 is 2.00 bits per heavy atom. The normalized spacial score (nSPS) is 18.6. The Bertz CT molecular complexity index is 1490. The van der Waals surface area contributed by atoms with Crippen LogP contribution >= 0.6 is 0 Å². The van der Waals surface area contributed by atoms with Crippen LogP contribution in [0.15, 0.2) is 102 Å². The topological polar surface area (TPSA) is 122 Å². The van der Waals surface area contributed by atoms with E-state index in [-0.39, 0.29) is 18.1 Å². The average molecular weight is 509 g/mol. The molecule has 9 nitrogen and oxygen atoms in total. The van der Waals surface area contributed by atoms with E-state index in [1.54, 1.807) is 10.9 Å². The number of aromatic amines is 1. The number of aliphatic hydroxyl groups excluding tert-OH is 1. The van der Waals surface area contributed by atoms with Gasteiger partial charge in [0.1, 0.15) is 6.23 Å². The summed E-state index contributed by atoms with van der Waals surface area (Å²) in [6, 6.07) is 31.1. The zero-order valence-electron chi connectivity index (χ0n) is 20.6. The van der Waals surface area contributed by atoms with E-state index in [0.717, 1.165) is 16.7 Å². The number of morpholine rings is 1. The minimum atomic E-state index is -0.695. The lowest BCUT2D eigenvalue weighted by Gasteiger charge is -2.50. The number of H-pyrrole nitrogens is 1. The van der Waals surface area contributed by atoms with Gasteiger partial charge in [0.05, 0.1) is 24.6 Å². The Kier molecular flexibility index (Phi) is 6.24. The van der Waals surface area contributed by atoms with E-state index >= 15 is 0 Å². The van der Waals surface area contributed by atoms with E-state index < -0.39 is 23.4 Å². The fraction of sp³-hybridized carbons (Fsp3) is 0.207. The van der Waals surface area contributed by atoms with Crippen LogP contribution in [0, 0.1) is 0 Å². The van der Waals surface area contributed by atoms with Gasteiger partial charge in [0.15, 0.2) is 11.2 Å². The molecule has 3 aromatic carbocycles. The number of aromatic nitrogens is 4. The van der Waals surface area contributed by atoms with E-state index in [9.17, 15) is 9.90 Å². The van der Waals surface area contributed by atoms with Gasteiger partial charge in [0.2, 0.25) is 5.95 Å². The van der Waals surface area contributed by atoms with Gasteiger partial charge in [-0.25, -0.2) is 4.98 Å². The maximum Gasteiger partial charge on any atom is 0.280 e. The van der Waals surface area contributed by atoms with Gasteiger partial charge in [-0.05, 0) is 16.7 Å². The van der Waals surface area contributed by atoms with Gasteiger partial charge in [-0.3, -0.25) is 19.2 Å². The summed E-state index contributed by atoms with van der Waals surface area (Å²) in [5.41, 5.74) is 8.53. The lowest BCUT2D eigenvalue weighted by Crippen LogP contribution is -2.57. The second kappa shape index (κ2) is 9.86. The molecule has 0 aliphatic carbocycles. The Morgan fingerprint density at radius 1 is 0.921 bits per heavy atom. The highest BCUT2D eigenvalue weighted by Gasteiger charge is 2.46. The average Bonchev–Trinajstić information content (AvgIpc) is 3.39. The molecule has 0 unspecified atom stereocenters. The Balaban J connectivity index is 1.57. The molecule has 0 radical (unpaired) electrons. The molecule has 6 rings (SSSR count). The van der Waals surface area contributed by atoms with E-state index in [1.807, 2.05) is 54.6 Å². The van der Waals surface area contributed by atoms with E-state index in [4.69, 9.17) is 10.5 Å². The standard InChI is InChI=1S/C29H28N6O3/c30-28-32-26-25(27(37)33-28)31-19-35(26)24-17-34(16-23(18-36)38-24)29(20-10-4-1-5-11-20,21-12-6-2-7-13-21)22-14-8-3-9-15-22/h1-15,19,23-24,36H,16-18H2,(H3,30,32,33,37)/t23-,24+/m0/s1. The van der Waals surface area contributed by atoms with Crippen LogP contribution in [0.5, 0.6) is 0 Å². The molecule has 2 atom stereocenters. The number of hydrogen-bond acceptors (Lipinski definition) is 7. The molecule has 0 amide bonds. The first kappa shape index (κ1) is 24.1. The van der Waals surface area contributed by atoms with Crippen molar-refractivity contribution in [1.29, 1.82) is 0 Å². The van der Waals surface area contributed by atoms with E-state index in [0.29, 0.717) is 18.7 Å². The number of rotatable bonds is 6. The van der Waals surface area contributed by atoms with Gasteiger partial charge >= 0.3 is 0 Å². The number of nitrogens with two attached hydrogens (primary N) is 1. The minimum absolute atomic E-state index is 0.00262. The summed E-state index contributed by atoms with van der Waals surface area (Å²) < 4.78 is 8.06. The van der Waals surface area contributed by atoms with Crippen molar-refractivity contribution in [3.8, 4) is 0 Å². The van der Waals surface area contributed by atoms with Crippen molar-refractivity contribution in [1.82, 2.24) is 24.4 Å². The van der Waals surface area contributed by atoms with Crippen LogP contribution in [0.25, 0.3) is 11.2 Å². The second-order valence-corrected chi connectivity index (χ2v) is 9.38. The third-order valence-electron chi connectivity index (χ3n) is 7.16. The molecule has 1 aliphatic heterocycles. The predicted molar refractivity (Wildman–Crippen MR) is 144 cm³/mol. The minimum Gasteiger partial charge on any atom is -0.394 e. The van der Waals surface area contributed by atoms with Gasteiger partial charge in [0.25, 0.3) is 5.56 Å². The number of benzene rings is 3. The van der Waals surface area contributed by atoms with Crippen LogP contribution in [0.2, 0.25) is 0 Å². The summed E-state index contributed by atoms with van der Waals surface area (Å²) in [5.74, 6) is 0.00262. The van der Waals surface area contributed by atoms with Crippen LogP contribution < -0.4 is 11.3 Å². The summed E-state index contributed by atoms with van der Waals surface area (Å²) in [7, 11) is 0. The second-order valence-electron chi connectivity index (χ2n) is 9.38. The van der Waals surface area contributed by atoms with Crippen molar-refractivity contribution in [3.05, 3.63) is 124 Å². The first-order valence-electron chi connectivity index (χ1n) is 12.5. The number of nitrogens with zero attached hydrogens (tertiary/aromatic N) is 4. The molecular formula is C29H28N6O3. The Labute approximate surface area is 219 Å². The Morgan fingerprint density at radius 2 is 1.47 bits per heavy atom. The van der Waals surface area contributed by atoms with Crippen molar-refractivity contribution in [2.75, 3.05) is 25.4 Å². The fourth-order valence-corrected chi connectivity index (χ4v) is 5.58. The quantitative estimate of drug-likeness (QED) is 0.302. The zero-order valence-corrected chi connectivity index (χ0v) is 20.6. The first-order valence-corrected chi connectivity index (χ1v) is 12.5. The van der Waals surface area contributed by atoms with Crippen LogP contribution in [-0.2, 0) is 10.3 Å². The van der Waals surface area contributed by atoms with Crippen LogP contribution in [-0.4, -0.2) is 55.3 Å². The summed E-state index contributed by atoms with van der Waals surface area (Å²) in [4.78, 5) is 25.9. The Hall–Kier alpha value is -4.31. The zero-order chi connectivity index (χ0) is 26.1. The van der Waals surface area contributed by atoms with Gasteiger partial charge in [0, 0.05) is 13.1 Å². The van der Waals surface area contributed by atoms with Crippen molar-refractivity contribution in [2.45, 2.75) is 17.9 Å². The predicted octanol–water partition coefficient (Wildman–Crippen LogP) is 2.89. The maximum atomic E-state index is 12.5. The molecule has 38 heavy (non-hydrogen) atoms. The third kappa shape index (κ3) is 3.97. The number of nitrogens with one attached hydrogen (secondary N) is 1. The van der Waals surface area contributed by atoms with Gasteiger partial charge in [-0.15, -0.1) is 0 Å². The molecule has 1 fully saturated rings. The largest absolute Gasteiger partial charge is 0.394 e. The number of aliphatic hydroxyl groups is 1. The highest BCUT2D eigenvalue weighted by Crippen LogP contribution is 2.44. The molecule has 1 aliphatic rings. The smallest absolute Gasteiger partial charge is 0.280 e. The van der Waals surface area contributed by atoms with Gasteiger partial charge < -0.3 is 15.6 Å². The van der Waals surface area contributed by atoms with Crippen LogP contribution in [0.4, 0.5) is 5.95 Å². The number of fused-ring (bicyclic) bond motifs is 1. The lowest BCUT2D eigenvalue weighted by atomic mass is 9.75. The monoisotopic (exact) mass is 508 g/mol. The molecule has 4 N–H and O–H groups in total. The molecule has 2 aromatic heterocycles. The van der Waals surface area contributed by atoms with Gasteiger partial charge in [-0.2, -0.15) is 4.98 Å². The number of imidazole rings is 1. The summed E-state index contributed by atoms with van der Waals surface area (Å²) in [5, 5.41) is 10.3. The van der Waals surface area contributed by atoms with Crippen molar-refractivity contribution in [2.24, 2.45) is 0 Å². The fourth-order valence-electron chi connectivity index (χ4n) is 5.58. The summed E-state index contributed by atoms with van der Waals surface area (Å²) >= 11 is 0. The van der Waals surface area contributed by atoms with Crippen molar-refractivity contribution < 1.29 is 9.84 Å². The van der Waals surface area contributed by atoms with Crippen LogP contribution in [0.3, 0.4) is 0 Å². The van der Waals surface area contributed by atoms with Crippen molar-refractivity contribution >= 4 is 17.1 Å². The van der Waals surface area contributed by atoms with Crippen molar-refractivity contribution in [3.63, 3.8) is 0 Å². The van der Waals surface area contributed by atoms with E-state index in [1.165, 1.54) is 0 Å². The molecule has 0 bridgehead atoms. The summed E-state index contributed by atoms with van der Waals surface area (Å²) in [6.07, 6.45) is 0.459.